The Morgan fingerprint density at radius 3 is 2.57 bits per heavy atom. The third-order valence-electron chi connectivity index (χ3n) is 4.36. The Bertz CT molecular complexity index is 1270. The molecule has 0 atom stereocenters. The Kier molecular flexibility index (Phi) is 5.90. The van der Waals surface area contributed by atoms with E-state index in [4.69, 9.17) is 16.0 Å². The van der Waals surface area contributed by atoms with Gasteiger partial charge in [0.25, 0.3) is 0 Å². The number of aromatic nitrogens is 1. The molecule has 1 amide bonds. The number of nitrogens with zero attached hydrogens (tertiary/aromatic N) is 2. The van der Waals surface area contributed by atoms with Crippen LogP contribution < -0.4 is 4.90 Å². The van der Waals surface area contributed by atoms with Crippen molar-refractivity contribution >= 4 is 54.0 Å². The van der Waals surface area contributed by atoms with E-state index in [0.29, 0.717) is 27.0 Å². The Morgan fingerprint density at radius 1 is 1.07 bits per heavy atom. The van der Waals surface area contributed by atoms with Crippen LogP contribution in [0.25, 0.3) is 10.2 Å². The fourth-order valence-electron chi connectivity index (χ4n) is 2.98. The molecule has 0 radical (unpaired) electrons. The molecular formula is C21H17ClN2O4S2. The molecule has 30 heavy (non-hydrogen) atoms. The lowest BCUT2D eigenvalue weighted by Gasteiger charge is -2.18. The van der Waals surface area contributed by atoms with E-state index in [-0.39, 0.29) is 12.3 Å². The summed E-state index contributed by atoms with van der Waals surface area (Å²) >= 11 is 7.49. The van der Waals surface area contributed by atoms with E-state index >= 15 is 0 Å². The molecule has 4 rings (SSSR count). The summed E-state index contributed by atoms with van der Waals surface area (Å²) in [5.41, 5.74) is 1.21. The molecule has 9 heteroatoms. The lowest BCUT2D eigenvalue weighted by molar-refractivity contribution is -0.116. The van der Waals surface area contributed by atoms with Gasteiger partial charge in [-0.1, -0.05) is 59.3 Å². The highest BCUT2D eigenvalue weighted by Gasteiger charge is 2.26. The second-order valence-electron chi connectivity index (χ2n) is 6.66. The van der Waals surface area contributed by atoms with Gasteiger partial charge < -0.3 is 4.42 Å². The first-order valence-corrected chi connectivity index (χ1v) is 12.0. The molecule has 2 heterocycles. The van der Waals surface area contributed by atoms with Gasteiger partial charge in [-0.05, 0) is 29.8 Å². The summed E-state index contributed by atoms with van der Waals surface area (Å²) in [6.45, 7) is 0.0735. The largest absolute Gasteiger partial charge is 0.467 e. The van der Waals surface area contributed by atoms with Crippen LogP contribution in [0.5, 0.6) is 0 Å². The lowest BCUT2D eigenvalue weighted by atomic mass is 10.2. The Morgan fingerprint density at radius 2 is 1.87 bits per heavy atom. The molecule has 0 saturated heterocycles. The molecule has 2 aromatic carbocycles. The van der Waals surface area contributed by atoms with Crippen LogP contribution in [0, 0.1) is 0 Å². The smallest absolute Gasteiger partial charge is 0.244 e. The minimum Gasteiger partial charge on any atom is -0.467 e. The second kappa shape index (κ2) is 8.59. The summed E-state index contributed by atoms with van der Waals surface area (Å²) in [5.74, 6) is -0.891. The SMILES string of the molecule is O=C(CS(=O)(=O)Cc1ccccc1)N(Cc1ccco1)c1nc2c(Cl)cccc2s1. The lowest BCUT2D eigenvalue weighted by Crippen LogP contribution is -2.35. The molecule has 0 unspecified atom stereocenters. The van der Waals surface area contributed by atoms with Crippen molar-refractivity contribution in [1.29, 1.82) is 0 Å². The van der Waals surface area contributed by atoms with Crippen LogP contribution in [0.2, 0.25) is 5.02 Å². The van der Waals surface area contributed by atoms with E-state index in [0.717, 1.165) is 4.70 Å². The Labute approximate surface area is 182 Å². The average Bonchev–Trinajstić information content (AvgIpc) is 3.36. The fraction of sp³-hybridized carbons (Fsp3) is 0.143. The normalized spacial score (nSPS) is 11.6. The van der Waals surface area contributed by atoms with Crippen molar-refractivity contribution in [1.82, 2.24) is 4.98 Å². The van der Waals surface area contributed by atoms with Crippen molar-refractivity contribution < 1.29 is 17.6 Å². The van der Waals surface area contributed by atoms with Gasteiger partial charge in [-0.2, -0.15) is 0 Å². The predicted molar refractivity (Wildman–Crippen MR) is 118 cm³/mol. The Hall–Kier alpha value is -2.68. The topological polar surface area (TPSA) is 80.5 Å². The zero-order valence-electron chi connectivity index (χ0n) is 15.7. The summed E-state index contributed by atoms with van der Waals surface area (Å²) in [7, 11) is -3.68. The van der Waals surface area contributed by atoms with Gasteiger partial charge in [-0.3, -0.25) is 9.69 Å². The van der Waals surface area contributed by atoms with Gasteiger partial charge in [0.2, 0.25) is 5.91 Å². The van der Waals surface area contributed by atoms with Crippen molar-refractivity contribution in [2.24, 2.45) is 0 Å². The molecule has 0 aliphatic carbocycles. The molecule has 2 aromatic heterocycles. The molecule has 0 fully saturated rings. The minimum absolute atomic E-state index is 0.0735. The van der Waals surface area contributed by atoms with Gasteiger partial charge in [0.1, 0.15) is 17.0 Å². The van der Waals surface area contributed by atoms with Gasteiger partial charge in [0.15, 0.2) is 15.0 Å². The second-order valence-corrected chi connectivity index (χ2v) is 10.1. The number of furan rings is 1. The van der Waals surface area contributed by atoms with E-state index in [1.165, 1.54) is 22.5 Å². The highest BCUT2D eigenvalue weighted by molar-refractivity contribution is 7.91. The van der Waals surface area contributed by atoms with Gasteiger partial charge in [-0.25, -0.2) is 13.4 Å². The molecule has 0 aliphatic rings. The highest BCUT2D eigenvalue weighted by Crippen LogP contribution is 2.33. The van der Waals surface area contributed by atoms with Crippen LogP contribution in [0.15, 0.2) is 71.3 Å². The summed E-state index contributed by atoms with van der Waals surface area (Å²) in [6.07, 6.45) is 1.50. The van der Waals surface area contributed by atoms with Crippen LogP contribution in [0.4, 0.5) is 5.13 Å². The van der Waals surface area contributed by atoms with E-state index in [9.17, 15) is 13.2 Å². The summed E-state index contributed by atoms with van der Waals surface area (Å²) < 4.78 is 31.5. The van der Waals surface area contributed by atoms with Crippen molar-refractivity contribution in [2.45, 2.75) is 12.3 Å². The van der Waals surface area contributed by atoms with Crippen LogP contribution in [0.3, 0.4) is 0 Å². The number of para-hydroxylation sites is 1. The number of amides is 1. The molecule has 0 aliphatic heterocycles. The zero-order chi connectivity index (χ0) is 21.1. The fourth-order valence-corrected chi connectivity index (χ4v) is 5.60. The van der Waals surface area contributed by atoms with Crippen molar-refractivity contribution in [2.75, 3.05) is 10.7 Å². The summed E-state index contributed by atoms with van der Waals surface area (Å²) in [4.78, 5) is 18.9. The van der Waals surface area contributed by atoms with Gasteiger partial charge in [0.05, 0.1) is 28.3 Å². The van der Waals surface area contributed by atoms with Crippen molar-refractivity contribution in [3.63, 3.8) is 0 Å². The van der Waals surface area contributed by atoms with Crippen molar-refractivity contribution in [3.8, 4) is 0 Å². The van der Waals surface area contributed by atoms with Crippen LogP contribution in [-0.2, 0) is 26.9 Å². The maximum Gasteiger partial charge on any atom is 0.244 e. The van der Waals surface area contributed by atoms with Gasteiger partial charge in [-0.15, -0.1) is 0 Å². The van der Waals surface area contributed by atoms with Gasteiger partial charge >= 0.3 is 0 Å². The van der Waals surface area contributed by atoms with Crippen LogP contribution in [0.1, 0.15) is 11.3 Å². The number of carbonyl (C=O) groups excluding carboxylic acids is 1. The molecule has 0 N–H and O–H groups in total. The summed E-state index contributed by atoms with van der Waals surface area (Å²) in [6, 6.07) is 17.6. The number of anilines is 1. The number of hydrogen-bond donors (Lipinski definition) is 0. The molecule has 0 bridgehead atoms. The van der Waals surface area contributed by atoms with Crippen molar-refractivity contribution in [3.05, 3.63) is 83.3 Å². The number of benzene rings is 2. The molecule has 0 saturated carbocycles. The first-order valence-electron chi connectivity index (χ1n) is 9.03. The quantitative estimate of drug-likeness (QED) is 0.399. The number of fused-ring (bicyclic) bond motifs is 1. The third-order valence-corrected chi connectivity index (χ3v) is 7.17. The Balaban J connectivity index is 1.63. The highest BCUT2D eigenvalue weighted by atomic mass is 35.5. The van der Waals surface area contributed by atoms with E-state index in [1.807, 2.05) is 12.1 Å². The van der Waals surface area contributed by atoms with Gasteiger partial charge in [0, 0.05) is 0 Å². The molecule has 4 aromatic rings. The number of thiazole rings is 1. The molecule has 6 nitrogen and oxygen atoms in total. The monoisotopic (exact) mass is 460 g/mol. The zero-order valence-corrected chi connectivity index (χ0v) is 18.1. The number of sulfone groups is 1. The van der Waals surface area contributed by atoms with Crippen LogP contribution >= 0.6 is 22.9 Å². The predicted octanol–water partition coefficient (Wildman–Crippen LogP) is 4.69. The first kappa shape index (κ1) is 20.6. The molecular weight excluding hydrogens is 444 g/mol. The minimum atomic E-state index is -3.68. The maximum atomic E-state index is 13.1. The van der Waals surface area contributed by atoms with E-state index in [1.54, 1.807) is 48.5 Å². The molecule has 154 valence electrons. The number of hydrogen-bond acceptors (Lipinski definition) is 6. The number of halogens is 1. The van der Waals surface area contributed by atoms with Crippen LogP contribution in [-0.4, -0.2) is 25.1 Å². The van der Waals surface area contributed by atoms with E-state index in [2.05, 4.69) is 4.98 Å². The number of rotatable bonds is 7. The summed E-state index contributed by atoms with van der Waals surface area (Å²) in [5, 5.41) is 0.839. The average molecular weight is 461 g/mol. The van der Waals surface area contributed by atoms with E-state index < -0.39 is 21.5 Å². The third kappa shape index (κ3) is 4.72. The first-order chi connectivity index (χ1) is 14.4. The maximum absolute atomic E-state index is 13.1. The number of carbonyl (C=O) groups is 1. The standard InChI is InChI=1S/C21H17ClN2O4S2/c22-17-9-4-10-18-20(17)23-21(29-18)24(12-16-8-5-11-28-16)19(25)14-30(26,27)13-15-6-2-1-3-7-15/h1-11H,12-14H2. The molecule has 0 spiro atoms.